The molecule has 0 heterocycles. The summed E-state index contributed by atoms with van der Waals surface area (Å²) in [6.07, 6.45) is 84.0. The third kappa shape index (κ3) is 59.0. The van der Waals surface area contributed by atoms with Crippen molar-refractivity contribution in [2.75, 3.05) is 13.2 Å². The van der Waals surface area contributed by atoms with E-state index < -0.39 is 6.10 Å². The van der Waals surface area contributed by atoms with E-state index in [1.807, 2.05) is 12.2 Å². The summed E-state index contributed by atoms with van der Waals surface area (Å²) in [6, 6.07) is 0. The SMILES string of the molecule is CC/C=C\C/C=C\C/C=C\C/C=C\C/C=C\CCCCCC(=O)OC(COC(=O)CC/C=C\C/C=C\C/C=C\C/C=C\CC)COC(=O)CCCCCCCCCCCCCCCCCCCCCCCCCC. The number of unbranched alkanes of at least 4 members (excludes halogenated alkanes) is 26. The van der Waals surface area contributed by atoms with Gasteiger partial charge in [0.05, 0.1) is 0 Å². The highest BCUT2D eigenvalue weighted by atomic mass is 16.6. The molecular weight excluding hydrogens is 913 g/mol. The van der Waals surface area contributed by atoms with Crippen LogP contribution in [0.4, 0.5) is 0 Å². The van der Waals surface area contributed by atoms with E-state index in [-0.39, 0.29) is 44.0 Å². The summed E-state index contributed by atoms with van der Waals surface area (Å²) >= 11 is 0. The highest BCUT2D eigenvalue weighted by molar-refractivity contribution is 5.71. The summed E-state index contributed by atoms with van der Waals surface area (Å²) in [4.78, 5) is 38.2. The lowest BCUT2D eigenvalue weighted by molar-refractivity contribution is -0.166. The van der Waals surface area contributed by atoms with Gasteiger partial charge in [-0.2, -0.15) is 0 Å². The molecule has 0 N–H and O–H groups in total. The van der Waals surface area contributed by atoms with E-state index >= 15 is 0 Å². The second-order valence-electron chi connectivity index (χ2n) is 20.2. The minimum Gasteiger partial charge on any atom is -0.462 e. The molecule has 0 aromatic heterocycles. The molecule has 0 aromatic carbocycles. The molecule has 74 heavy (non-hydrogen) atoms. The first-order valence-corrected chi connectivity index (χ1v) is 30.9. The number of ether oxygens (including phenoxy) is 3. The molecule has 0 aliphatic carbocycles. The molecule has 0 saturated heterocycles. The van der Waals surface area contributed by atoms with Crippen LogP contribution in [0, 0.1) is 0 Å². The van der Waals surface area contributed by atoms with Gasteiger partial charge in [0, 0.05) is 19.3 Å². The summed E-state index contributed by atoms with van der Waals surface area (Å²) in [5.41, 5.74) is 0. The van der Waals surface area contributed by atoms with Crippen LogP contribution >= 0.6 is 0 Å². The Kier molecular flexibility index (Phi) is 58.3. The van der Waals surface area contributed by atoms with E-state index in [1.165, 1.54) is 135 Å². The van der Waals surface area contributed by atoms with Crippen molar-refractivity contribution in [1.82, 2.24) is 0 Å². The monoisotopic (exact) mass is 1030 g/mol. The van der Waals surface area contributed by atoms with Gasteiger partial charge in [-0.15, -0.1) is 0 Å². The topological polar surface area (TPSA) is 78.9 Å². The molecule has 1 unspecified atom stereocenters. The van der Waals surface area contributed by atoms with Gasteiger partial charge in [0.25, 0.3) is 0 Å². The Morgan fingerprint density at radius 1 is 0.284 bits per heavy atom. The molecule has 0 fully saturated rings. The van der Waals surface area contributed by atoms with E-state index in [0.717, 1.165) is 96.3 Å². The maximum atomic E-state index is 12.9. The molecule has 0 aliphatic heterocycles. The fourth-order valence-corrected chi connectivity index (χ4v) is 8.48. The van der Waals surface area contributed by atoms with Gasteiger partial charge < -0.3 is 14.2 Å². The van der Waals surface area contributed by atoms with E-state index in [0.29, 0.717) is 19.3 Å². The molecule has 0 saturated carbocycles. The lowest BCUT2D eigenvalue weighted by Crippen LogP contribution is -2.30. The predicted octanol–water partition coefficient (Wildman–Crippen LogP) is 21.0. The van der Waals surface area contributed by atoms with Gasteiger partial charge in [-0.25, -0.2) is 0 Å². The minimum absolute atomic E-state index is 0.113. The zero-order valence-electron chi connectivity index (χ0n) is 48.3. The Morgan fingerprint density at radius 2 is 0.554 bits per heavy atom. The summed E-state index contributed by atoms with van der Waals surface area (Å²) in [5, 5.41) is 0. The highest BCUT2D eigenvalue weighted by Gasteiger charge is 2.19. The molecule has 0 rings (SSSR count). The van der Waals surface area contributed by atoms with E-state index in [1.54, 1.807) is 0 Å². The van der Waals surface area contributed by atoms with Gasteiger partial charge in [-0.3, -0.25) is 14.4 Å². The molecule has 422 valence electrons. The molecule has 0 radical (unpaired) electrons. The molecular formula is C68H114O6. The number of esters is 3. The van der Waals surface area contributed by atoms with Crippen LogP contribution in [0.2, 0.25) is 0 Å². The number of hydrogen-bond acceptors (Lipinski definition) is 6. The zero-order valence-corrected chi connectivity index (χ0v) is 48.3. The standard InChI is InChI=1S/C68H114O6/c1-4-7-10-13-16-19-22-25-27-29-31-32-33-34-35-37-38-40-43-46-49-52-55-58-61-67(70)73-64-65(63-72-66(69)60-57-54-51-48-45-42-24-21-18-15-12-9-6-3)74-68(71)62-59-56-53-50-47-44-41-39-36-30-28-26-23-20-17-14-11-8-5-2/h8-9,11-12,17-18,20-21,26,28,36,39,42,44-45,47,51,54,65H,4-7,10,13-16,19,22-25,27,29-35,37-38,40-41,43,46,48-50,52-53,55-64H2,1-3H3/b11-8-,12-9-,20-17-,21-18-,28-26-,39-36-,45-42-,47-44-,54-51-. The van der Waals surface area contributed by atoms with E-state index in [9.17, 15) is 14.4 Å². The number of rotatable bonds is 55. The normalized spacial score (nSPS) is 12.9. The molecule has 0 bridgehead atoms. The second-order valence-corrected chi connectivity index (χ2v) is 20.2. The summed E-state index contributed by atoms with van der Waals surface area (Å²) in [7, 11) is 0. The van der Waals surface area contributed by atoms with Crippen LogP contribution in [0.15, 0.2) is 109 Å². The third-order valence-corrected chi connectivity index (χ3v) is 13.0. The number of allylic oxidation sites excluding steroid dienone is 18. The van der Waals surface area contributed by atoms with Crippen LogP contribution < -0.4 is 0 Å². The van der Waals surface area contributed by atoms with Crippen molar-refractivity contribution in [2.45, 2.75) is 290 Å². The van der Waals surface area contributed by atoms with Crippen LogP contribution in [-0.4, -0.2) is 37.2 Å². The first-order valence-electron chi connectivity index (χ1n) is 30.9. The van der Waals surface area contributed by atoms with E-state index in [2.05, 4.69) is 118 Å². The fourth-order valence-electron chi connectivity index (χ4n) is 8.48. The summed E-state index contributed by atoms with van der Waals surface area (Å²) in [6.45, 7) is 6.34. The second kappa shape index (κ2) is 61.6. The number of carbonyl (C=O) groups is 3. The van der Waals surface area contributed by atoms with Gasteiger partial charge in [0.1, 0.15) is 13.2 Å². The van der Waals surface area contributed by atoms with Crippen molar-refractivity contribution in [3.8, 4) is 0 Å². The van der Waals surface area contributed by atoms with Crippen molar-refractivity contribution >= 4 is 17.9 Å². The van der Waals surface area contributed by atoms with Gasteiger partial charge in [-0.1, -0.05) is 284 Å². The smallest absolute Gasteiger partial charge is 0.306 e. The van der Waals surface area contributed by atoms with Gasteiger partial charge in [0.15, 0.2) is 6.10 Å². The van der Waals surface area contributed by atoms with Crippen molar-refractivity contribution in [3.63, 3.8) is 0 Å². The quantitative estimate of drug-likeness (QED) is 0.0261. The first-order chi connectivity index (χ1) is 36.5. The van der Waals surface area contributed by atoms with E-state index in [4.69, 9.17) is 14.2 Å². The maximum Gasteiger partial charge on any atom is 0.306 e. The Morgan fingerprint density at radius 3 is 0.905 bits per heavy atom. The van der Waals surface area contributed by atoms with Crippen LogP contribution in [0.1, 0.15) is 284 Å². The van der Waals surface area contributed by atoms with Crippen LogP contribution in [0.5, 0.6) is 0 Å². The first kappa shape index (κ1) is 70.1. The van der Waals surface area contributed by atoms with Crippen molar-refractivity contribution in [3.05, 3.63) is 109 Å². The average Bonchev–Trinajstić information content (AvgIpc) is 3.40. The molecule has 0 amide bonds. The van der Waals surface area contributed by atoms with Crippen molar-refractivity contribution < 1.29 is 28.6 Å². The Labute approximate surface area is 457 Å². The van der Waals surface area contributed by atoms with Gasteiger partial charge >= 0.3 is 17.9 Å². The molecule has 1 atom stereocenters. The lowest BCUT2D eigenvalue weighted by atomic mass is 10.0. The summed E-state index contributed by atoms with van der Waals surface area (Å²) in [5.74, 6) is -1.03. The van der Waals surface area contributed by atoms with Gasteiger partial charge in [0.2, 0.25) is 0 Å². The fraction of sp³-hybridized carbons (Fsp3) is 0.691. The Balaban J connectivity index is 4.39. The lowest BCUT2D eigenvalue weighted by Gasteiger charge is -2.18. The molecule has 0 aliphatic rings. The summed E-state index contributed by atoms with van der Waals surface area (Å²) < 4.78 is 16.8. The third-order valence-electron chi connectivity index (χ3n) is 13.0. The average molecular weight is 1030 g/mol. The number of hydrogen-bond donors (Lipinski definition) is 0. The predicted molar refractivity (Wildman–Crippen MR) is 320 cm³/mol. The van der Waals surface area contributed by atoms with Gasteiger partial charge in [-0.05, 0) is 89.9 Å². The molecule has 0 spiro atoms. The van der Waals surface area contributed by atoms with Crippen LogP contribution in [0.25, 0.3) is 0 Å². The molecule has 6 nitrogen and oxygen atoms in total. The van der Waals surface area contributed by atoms with Crippen molar-refractivity contribution in [1.29, 1.82) is 0 Å². The van der Waals surface area contributed by atoms with Crippen molar-refractivity contribution in [2.24, 2.45) is 0 Å². The van der Waals surface area contributed by atoms with Crippen LogP contribution in [0.3, 0.4) is 0 Å². The Hall–Kier alpha value is -3.93. The molecule has 6 heteroatoms. The highest BCUT2D eigenvalue weighted by Crippen LogP contribution is 2.17. The maximum absolute atomic E-state index is 12.9. The number of carbonyl (C=O) groups excluding carboxylic acids is 3. The van der Waals surface area contributed by atoms with Crippen LogP contribution in [-0.2, 0) is 28.6 Å². The zero-order chi connectivity index (χ0) is 53.6. The largest absolute Gasteiger partial charge is 0.462 e. The molecule has 0 aromatic rings. The minimum atomic E-state index is -0.826. The Bertz CT molecular complexity index is 1510.